The largest absolute Gasteiger partial charge is 0.350 e. The van der Waals surface area contributed by atoms with Gasteiger partial charge < -0.3 is 10.6 Å². The van der Waals surface area contributed by atoms with Crippen LogP contribution in [0.25, 0.3) is 0 Å². The predicted octanol–water partition coefficient (Wildman–Crippen LogP) is 1.37. The van der Waals surface area contributed by atoms with Gasteiger partial charge in [-0.05, 0) is 30.7 Å². The first-order valence-corrected chi connectivity index (χ1v) is 9.17. The molecule has 0 aliphatic carbocycles. The minimum absolute atomic E-state index is 0.00549. The molecular formula is C18H19N5O3S. The van der Waals surface area contributed by atoms with E-state index in [0.717, 1.165) is 22.6 Å². The molecule has 27 heavy (non-hydrogen) atoms. The summed E-state index contributed by atoms with van der Waals surface area (Å²) >= 11 is 1.08. The van der Waals surface area contributed by atoms with Gasteiger partial charge in [-0.3, -0.25) is 23.6 Å². The highest BCUT2D eigenvalue weighted by atomic mass is 32.1. The van der Waals surface area contributed by atoms with Crippen LogP contribution in [0.3, 0.4) is 0 Å². The molecule has 9 heteroatoms. The molecule has 0 radical (unpaired) electrons. The van der Waals surface area contributed by atoms with Gasteiger partial charge >= 0.3 is 4.87 Å². The van der Waals surface area contributed by atoms with Crippen molar-refractivity contribution in [1.82, 2.24) is 19.7 Å². The number of rotatable bonds is 7. The Labute approximate surface area is 159 Å². The Bertz CT molecular complexity index is 991. The fraction of sp³-hybridized carbons (Fsp3) is 0.222. The minimum atomic E-state index is -0.244. The molecule has 0 aliphatic heterocycles. The summed E-state index contributed by atoms with van der Waals surface area (Å²) in [5.74, 6) is -0.432. The number of aromatic nitrogens is 3. The lowest BCUT2D eigenvalue weighted by Crippen LogP contribution is -2.30. The molecular weight excluding hydrogens is 366 g/mol. The number of nitrogens with one attached hydrogen (secondary N) is 2. The summed E-state index contributed by atoms with van der Waals surface area (Å²) in [5, 5.41) is 11.3. The van der Waals surface area contributed by atoms with Gasteiger partial charge in [-0.25, -0.2) is 0 Å². The zero-order valence-corrected chi connectivity index (χ0v) is 15.5. The van der Waals surface area contributed by atoms with E-state index in [4.69, 9.17) is 0 Å². The Morgan fingerprint density at radius 1 is 1.19 bits per heavy atom. The molecule has 2 heterocycles. The summed E-state index contributed by atoms with van der Waals surface area (Å²) in [5.41, 5.74) is 2.25. The maximum absolute atomic E-state index is 12.1. The van der Waals surface area contributed by atoms with Gasteiger partial charge in [0.1, 0.15) is 13.1 Å². The van der Waals surface area contributed by atoms with Crippen molar-refractivity contribution in [3.05, 3.63) is 69.0 Å². The van der Waals surface area contributed by atoms with Crippen LogP contribution >= 0.6 is 11.3 Å². The van der Waals surface area contributed by atoms with Gasteiger partial charge in [0, 0.05) is 35.7 Å². The zero-order chi connectivity index (χ0) is 19.2. The molecule has 0 unspecified atom stereocenters. The molecule has 2 N–H and O–H groups in total. The van der Waals surface area contributed by atoms with E-state index < -0.39 is 0 Å². The fourth-order valence-electron chi connectivity index (χ4n) is 2.50. The third kappa shape index (κ3) is 5.14. The number of nitrogens with zero attached hydrogens (tertiary/aromatic N) is 3. The van der Waals surface area contributed by atoms with E-state index in [1.54, 1.807) is 49.0 Å². The van der Waals surface area contributed by atoms with E-state index in [1.165, 1.54) is 9.25 Å². The number of hydrogen-bond acceptors (Lipinski definition) is 5. The Hall–Kier alpha value is -3.20. The van der Waals surface area contributed by atoms with Crippen molar-refractivity contribution >= 4 is 28.8 Å². The summed E-state index contributed by atoms with van der Waals surface area (Å²) in [7, 11) is 0. The molecule has 140 valence electrons. The summed E-state index contributed by atoms with van der Waals surface area (Å²) in [4.78, 5) is 35.6. The van der Waals surface area contributed by atoms with E-state index in [-0.39, 0.29) is 29.8 Å². The fourth-order valence-corrected chi connectivity index (χ4v) is 3.23. The first kappa shape index (κ1) is 18.6. The summed E-state index contributed by atoms with van der Waals surface area (Å²) in [6.07, 6.45) is 3.33. The molecule has 3 aromatic rings. The topological polar surface area (TPSA) is 98.0 Å². The Kier molecular flexibility index (Phi) is 5.82. The number of carbonyl (C=O) groups is 2. The molecule has 2 aromatic heterocycles. The van der Waals surface area contributed by atoms with Crippen LogP contribution in [0.5, 0.6) is 0 Å². The second kappa shape index (κ2) is 8.45. The quantitative estimate of drug-likeness (QED) is 0.642. The van der Waals surface area contributed by atoms with E-state index in [1.807, 2.05) is 6.07 Å². The Balaban J connectivity index is 1.53. The normalized spacial score (nSPS) is 10.6. The van der Waals surface area contributed by atoms with Gasteiger partial charge in [0.2, 0.25) is 11.8 Å². The van der Waals surface area contributed by atoms with Crippen LogP contribution in [-0.4, -0.2) is 26.2 Å². The molecule has 8 nitrogen and oxygen atoms in total. The predicted molar refractivity (Wildman–Crippen MR) is 102 cm³/mol. The van der Waals surface area contributed by atoms with Crippen molar-refractivity contribution in [2.45, 2.75) is 26.6 Å². The number of benzene rings is 1. The van der Waals surface area contributed by atoms with Crippen molar-refractivity contribution < 1.29 is 9.59 Å². The van der Waals surface area contributed by atoms with Crippen molar-refractivity contribution in [3.8, 4) is 0 Å². The van der Waals surface area contributed by atoms with Crippen LogP contribution in [0, 0.1) is 6.92 Å². The molecule has 2 amide bonds. The summed E-state index contributed by atoms with van der Waals surface area (Å²) < 4.78 is 2.97. The van der Waals surface area contributed by atoms with Crippen molar-refractivity contribution in [1.29, 1.82) is 0 Å². The van der Waals surface area contributed by atoms with Crippen LogP contribution < -0.4 is 15.5 Å². The lowest BCUT2D eigenvalue weighted by molar-refractivity contribution is -0.122. The van der Waals surface area contributed by atoms with Crippen LogP contribution in [0.15, 0.2) is 52.9 Å². The molecule has 3 rings (SSSR count). The highest BCUT2D eigenvalue weighted by molar-refractivity contribution is 7.07. The van der Waals surface area contributed by atoms with Gasteiger partial charge in [0.05, 0.1) is 0 Å². The monoisotopic (exact) mass is 385 g/mol. The zero-order valence-electron chi connectivity index (χ0n) is 14.7. The van der Waals surface area contributed by atoms with Crippen LogP contribution in [-0.2, 0) is 29.2 Å². The molecule has 0 spiro atoms. The number of carbonyl (C=O) groups excluding carboxylic acids is 2. The van der Waals surface area contributed by atoms with Gasteiger partial charge in [-0.2, -0.15) is 5.10 Å². The average molecular weight is 385 g/mol. The summed E-state index contributed by atoms with van der Waals surface area (Å²) in [6.45, 7) is 2.22. The van der Waals surface area contributed by atoms with Crippen LogP contribution in [0.1, 0.15) is 11.3 Å². The smallest absolute Gasteiger partial charge is 0.307 e. The minimum Gasteiger partial charge on any atom is -0.350 e. The molecule has 0 saturated carbocycles. The highest BCUT2D eigenvalue weighted by Crippen LogP contribution is 2.11. The Morgan fingerprint density at radius 3 is 2.74 bits per heavy atom. The first-order chi connectivity index (χ1) is 13.0. The van der Waals surface area contributed by atoms with Crippen molar-refractivity contribution in [2.24, 2.45) is 0 Å². The third-order valence-corrected chi connectivity index (χ3v) is 4.72. The number of aryl methyl sites for hydroxylation is 1. The second-order valence-electron chi connectivity index (χ2n) is 5.96. The molecule has 0 saturated heterocycles. The third-order valence-electron chi connectivity index (χ3n) is 3.84. The van der Waals surface area contributed by atoms with Gasteiger partial charge in [0.25, 0.3) is 0 Å². The summed E-state index contributed by atoms with van der Waals surface area (Å²) in [6, 6.07) is 8.98. The number of anilines is 1. The SMILES string of the molecule is Cc1csc(=O)n1CC(=O)NCc1cccc(NC(=O)Cn2cccn2)c1. The van der Waals surface area contributed by atoms with E-state index >= 15 is 0 Å². The second-order valence-corrected chi connectivity index (χ2v) is 6.78. The van der Waals surface area contributed by atoms with Gasteiger partial charge in [0.15, 0.2) is 0 Å². The number of amides is 2. The molecule has 0 aliphatic rings. The van der Waals surface area contributed by atoms with E-state index in [9.17, 15) is 14.4 Å². The van der Waals surface area contributed by atoms with Gasteiger partial charge in [-0.15, -0.1) is 0 Å². The number of thiazole rings is 1. The lowest BCUT2D eigenvalue weighted by atomic mass is 10.2. The molecule has 1 aromatic carbocycles. The molecule has 0 bridgehead atoms. The molecule has 0 fully saturated rings. The lowest BCUT2D eigenvalue weighted by Gasteiger charge is -2.09. The highest BCUT2D eigenvalue weighted by Gasteiger charge is 2.09. The maximum atomic E-state index is 12.1. The van der Waals surface area contributed by atoms with Crippen molar-refractivity contribution in [2.75, 3.05) is 5.32 Å². The number of hydrogen-bond donors (Lipinski definition) is 2. The van der Waals surface area contributed by atoms with E-state index in [2.05, 4.69) is 15.7 Å². The van der Waals surface area contributed by atoms with E-state index in [0.29, 0.717) is 12.2 Å². The maximum Gasteiger partial charge on any atom is 0.307 e. The van der Waals surface area contributed by atoms with Crippen LogP contribution in [0.4, 0.5) is 5.69 Å². The Morgan fingerprint density at radius 2 is 2.04 bits per heavy atom. The van der Waals surface area contributed by atoms with Crippen molar-refractivity contribution in [3.63, 3.8) is 0 Å². The van der Waals surface area contributed by atoms with Gasteiger partial charge in [-0.1, -0.05) is 23.5 Å². The average Bonchev–Trinajstić information content (AvgIpc) is 3.25. The molecule has 0 atom stereocenters. The standard InChI is InChI=1S/C18H19N5O3S/c1-13-12-27-18(26)23(13)11-16(24)19-9-14-4-2-5-15(8-14)21-17(25)10-22-7-3-6-20-22/h2-8,12H,9-11H2,1H3,(H,19,24)(H,21,25). The first-order valence-electron chi connectivity index (χ1n) is 8.29. The van der Waals surface area contributed by atoms with Crippen LogP contribution in [0.2, 0.25) is 0 Å².